The molecule has 25 heavy (non-hydrogen) atoms. The van der Waals surface area contributed by atoms with Gasteiger partial charge in [-0.1, -0.05) is 45.7 Å². The number of aromatic nitrogens is 2. The van der Waals surface area contributed by atoms with E-state index in [0.29, 0.717) is 11.7 Å². The predicted molar refractivity (Wildman–Crippen MR) is 99.9 cm³/mol. The molecule has 1 aliphatic rings. The monoisotopic (exact) mass is 340 g/mol. The molecule has 1 aromatic carbocycles. The normalized spacial score (nSPS) is 19.5. The Morgan fingerprint density at radius 1 is 1.00 bits per heavy atom. The highest BCUT2D eigenvalue weighted by atomic mass is 16.5. The minimum absolute atomic E-state index is 0.0842. The molecule has 0 radical (unpaired) electrons. The summed E-state index contributed by atoms with van der Waals surface area (Å²) in [5.41, 5.74) is 2.25. The fourth-order valence-electron chi connectivity index (χ4n) is 3.05. The van der Waals surface area contributed by atoms with E-state index in [1.165, 1.54) is 31.2 Å². The van der Waals surface area contributed by atoms with Crippen molar-refractivity contribution in [3.63, 3.8) is 0 Å². The van der Waals surface area contributed by atoms with Crippen LogP contribution < -0.4 is 4.74 Å². The van der Waals surface area contributed by atoms with Gasteiger partial charge in [-0.15, -0.1) is 0 Å². The second kappa shape index (κ2) is 9.30. The summed E-state index contributed by atoms with van der Waals surface area (Å²) in [5, 5.41) is 0. The Labute approximate surface area is 150 Å². The lowest BCUT2D eigenvalue weighted by Crippen LogP contribution is -2.13. The second-order valence-corrected chi connectivity index (χ2v) is 6.50. The molecule has 0 unspecified atom stereocenters. The standard InChI is InChI=1S/C19H22N2O2.C2H6/c1-13-3-5-15(6-4-13)16-7-9-17(10-8-16)23-19(22)18-20-11-14(2)12-21-18;1-2/h7-13,15H,3-6H2,1-2H3;1-2H3. The maximum absolute atomic E-state index is 12.0. The molecule has 1 aliphatic carbocycles. The summed E-state index contributed by atoms with van der Waals surface area (Å²) in [5.74, 6) is 1.58. The zero-order valence-corrected chi connectivity index (χ0v) is 15.7. The smallest absolute Gasteiger partial charge is 0.381 e. The molecule has 0 aliphatic heterocycles. The number of nitrogens with zero attached hydrogens (tertiary/aromatic N) is 2. The van der Waals surface area contributed by atoms with Crippen LogP contribution in [0.2, 0.25) is 0 Å². The Kier molecular flexibility index (Phi) is 7.11. The van der Waals surface area contributed by atoms with Crippen LogP contribution in [-0.4, -0.2) is 15.9 Å². The Morgan fingerprint density at radius 2 is 1.56 bits per heavy atom. The first-order valence-corrected chi connectivity index (χ1v) is 9.22. The van der Waals surface area contributed by atoms with Crippen molar-refractivity contribution in [3.8, 4) is 5.75 Å². The van der Waals surface area contributed by atoms with Crippen molar-refractivity contribution < 1.29 is 9.53 Å². The van der Waals surface area contributed by atoms with Gasteiger partial charge in [0.25, 0.3) is 0 Å². The SMILES string of the molecule is CC.Cc1cnc(C(=O)Oc2ccc(C3CCC(C)CC3)cc2)nc1. The van der Waals surface area contributed by atoms with Gasteiger partial charge in [0.2, 0.25) is 5.82 Å². The third-order valence-corrected chi connectivity index (χ3v) is 4.54. The largest absolute Gasteiger partial charge is 0.421 e. The number of esters is 1. The highest BCUT2D eigenvalue weighted by Crippen LogP contribution is 2.35. The van der Waals surface area contributed by atoms with Crippen LogP contribution in [0.25, 0.3) is 0 Å². The zero-order chi connectivity index (χ0) is 18.2. The van der Waals surface area contributed by atoms with E-state index in [1.807, 2.05) is 32.9 Å². The van der Waals surface area contributed by atoms with Gasteiger partial charge in [0.1, 0.15) is 5.75 Å². The van der Waals surface area contributed by atoms with Gasteiger partial charge in [-0.25, -0.2) is 14.8 Å². The summed E-state index contributed by atoms with van der Waals surface area (Å²) < 4.78 is 5.34. The van der Waals surface area contributed by atoms with Gasteiger partial charge >= 0.3 is 5.97 Å². The quantitative estimate of drug-likeness (QED) is 0.560. The van der Waals surface area contributed by atoms with Crippen molar-refractivity contribution in [1.29, 1.82) is 0 Å². The van der Waals surface area contributed by atoms with Gasteiger partial charge in [0.05, 0.1) is 0 Å². The van der Waals surface area contributed by atoms with Crippen molar-refractivity contribution in [2.45, 2.75) is 59.3 Å². The van der Waals surface area contributed by atoms with E-state index in [4.69, 9.17) is 4.74 Å². The first-order valence-electron chi connectivity index (χ1n) is 9.22. The topological polar surface area (TPSA) is 52.1 Å². The molecule has 1 fully saturated rings. The maximum Gasteiger partial charge on any atom is 0.381 e. The molecule has 0 saturated heterocycles. The van der Waals surface area contributed by atoms with E-state index in [0.717, 1.165) is 11.5 Å². The molecule has 2 aromatic rings. The Hall–Kier alpha value is -2.23. The minimum Gasteiger partial charge on any atom is -0.421 e. The molecule has 0 amide bonds. The molecule has 0 N–H and O–H groups in total. The average molecular weight is 340 g/mol. The van der Waals surface area contributed by atoms with Crippen molar-refractivity contribution in [3.05, 3.63) is 53.6 Å². The van der Waals surface area contributed by atoms with Crippen molar-refractivity contribution in [2.75, 3.05) is 0 Å². The summed E-state index contributed by atoms with van der Waals surface area (Å²) in [6.07, 6.45) is 8.31. The number of ether oxygens (including phenoxy) is 1. The number of carbonyl (C=O) groups is 1. The fourth-order valence-corrected chi connectivity index (χ4v) is 3.05. The Bertz CT molecular complexity index is 657. The summed E-state index contributed by atoms with van der Waals surface area (Å²) in [7, 11) is 0. The van der Waals surface area contributed by atoms with E-state index in [1.54, 1.807) is 12.4 Å². The van der Waals surface area contributed by atoms with Crippen LogP contribution in [0.5, 0.6) is 5.75 Å². The summed E-state index contributed by atoms with van der Waals surface area (Å²) in [6, 6.07) is 7.86. The lowest BCUT2D eigenvalue weighted by atomic mass is 9.79. The van der Waals surface area contributed by atoms with Crippen LogP contribution in [0.1, 0.15) is 74.1 Å². The Morgan fingerprint density at radius 3 is 2.12 bits per heavy atom. The number of hydrogen-bond acceptors (Lipinski definition) is 4. The fraction of sp³-hybridized carbons (Fsp3) is 0.476. The molecule has 4 heteroatoms. The summed E-state index contributed by atoms with van der Waals surface area (Å²) in [6.45, 7) is 8.20. The van der Waals surface area contributed by atoms with Crippen LogP contribution in [0.3, 0.4) is 0 Å². The van der Waals surface area contributed by atoms with Gasteiger partial charge in [-0.05, 0) is 54.9 Å². The molecule has 3 rings (SSSR count). The number of carbonyl (C=O) groups excluding carboxylic acids is 1. The van der Waals surface area contributed by atoms with Gasteiger partial charge < -0.3 is 4.74 Å². The molecule has 1 saturated carbocycles. The van der Waals surface area contributed by atoms with Gasteiger partial charge in [0, 0.05) is 12.4 Å². The van der Waals surface area contributed by atoms with Crippen LogP contribution in [0.15, 0.2) is 36.7 Å². The van der Waals surface area contributed by atoms with Crippen molar-refractivity contribution in [1.82, 2.24) is 9.97 Å². The third-order valence-electron chi connectivity index (χ3n) is 4.54. The predicted octanol–water partition coefficient (Wildman–Crippen LogP) is 5.32. The van der Waals surface area contributed by atoms with Crippen molar-refractivity contribution in [2.24, 2.45) is 5.92 Å². The molecule has 0 atom stereocenters. The van der Waals surface area contributed by atoms with Crippen LogP contribution in [0.4, 0.5) is 0 Å². The van der Waals surface area contributed by atoms with E-state index in [9.17, 15) is 4.79 Å². The summed E-state index contributed by atoms with van der Waals surface area (Å²) in [4.78, 5) is 20.0. The number of benzene rings is 1. The molecular formula is C21H28N2O2. The van der Waals surface area contributed by atoms with E-state index >= 15 is 0 Å². The van der Waals surface area contributed by atoms with Crippen LogP contribution in [-0.2, 0) is 0 Å². The molecule has 0 bridgehead atoms. The summed E-state index contributed by atoms with van der Waals surface area (Å²) >= 11 is 0. The van der Waals surface area contributed by atoms with E-state index in [-0.39, 0.29) is 5.82 Å². The first-order chi connectivity index (χ1) is 12.1. The van der Waals surface area contributed by atoms with Crippen LogP contribution in [0, 0.1) is 12.8 Å². The number of hydrogen-bond donors (Lipinski definition) is 0. The third kappa shape index (κ3) is 5.38. The zero-order valence-electron chi connectivity index (χ0n) is 15.7. The molecule has 4 nitrogen and oxygen atoms in total. The van der Waals surface area contributed by atoms with E-state index < -0.39 is 5.97 Å². The molecule has 0 spiro atoms. The molecular weight excluding hydrogens is 312 g/mol. The molecule has 134 valence electrons. The van der Waals surface area contributed by atoms with Gasteiger partial charge in [-0.3, -0.25) is 0 Å². The average Bonchev–Trinajstić information content (AvgIpc) is 2.65. The lowest BCUT2D eigenvalue weighted by molar-refractivity contribution is 0.0721. The Balaban J connectivity index is 0.00000109. The van der Waals surface area contributed by atoms with Crippen molar-refractivity contribution >= 4 is 5.97 Å². The maximum atomic E-state index is 12.0. The van der Waals surface area contributed by atoms with Crippen LogP contribution >= 0.6 is 0 Å². The molecule has 1 aromatic heterocycles. The number of aryl methyl sites for hydroxylation is 1. The highest BCUT2D eigenvalue weighted by Gasteiger charge is 2.20. The van der Waals surface area contributed by atoms with E-state index in [2.05, 4.69) is 29.0 Å². The number of rotatable bonds is 3. The van der Waals surface area contributed by atoms with Gasteiger partial charge in [-0.2, -0.15) is 0 Å². The second-order valence-electron chi connectivity index (χ2n) is 6.50. The minimum atomic E-state index is -0.524. The highest BCUT2D eigenvalue weighted by molar-refractivity contribution is 5.86. The van der Waals surface area contributed by atoms with Gasteiger partial charge in [0.15, 0.2) is 0 Å². The lowest BCUT2D eigenvalue weighted by Gasteiger charge is -2.26. The first kappa shape index (κ1) is 19.1. The molecule has 1 heterocycles.